The number of anilines is 1. The van der Waals surface area contributed by atoms with E-state index in [-0.39, 0.29) is 6.54 Å². The Morgan fingerprint density at radius 3 is 2.29 bits per heavy atom. The largest absolute Gasteiger partial charge is 0.497 e. The molecule has 134 valence electrons. The summed E-state index contributed by atoms with van der Waals surface area (Å²) in [5.74, 6) is 1.33. The molecule has 0 amide bonds. The Balaban J connectivity index is 1.84. The summed E-state index contributed by atoms with van der Waals surface area (Å²) in [5, 5.41) is 2.79. The zero-order valence-electron chi connectivity index (χ0n) is 13.9. The van der Waals surface area contributed by atoms with Gasteiger partial charge in [0, 0.05) is 45.5 Å². The van der Waals surface area contributed by atoms with Crippen LogP contribution in [0.25, 0.3) is 0 Å². The molecule has 1 fully saturated rings. The number of hydrogen-bond acceptors (Lipinski definition) is 3. The van der Waals surface area contributed by atoms with Crippen molar-refractivity contribution in [3.05, 3.63) is 24.3 Å². The average molecular weight is 344 g/mol. The van der Waals surface area contributed by atoms with Gasteiger partial charge in [0.05, 0.1) is 13.5 Å². The highest BCUT2D eigenvalue weighted by molar-refractivity contribution is 5.80. The monoisotopic (exact) mass is 344 g/mol. The molecule has 0 aliphatic carbocycles. The van der Waals surface area contributed by atoms with Gasteiger partial charge in [0.15, 0.2) is 5.96 Å². The highest BCUT2D eigenvalue weighted by atomic mass is 19.4. The summed E-state index contributed by atoms with van der Waals surface area (Å²) >= 11 is 0. The first kappa shape index (κ1) is 18.2. The van der Waals surface area contributed by atoms with Crippen molar-refractivity contribution < 1.29 is 17.9 Å². The summed E-state index contributed by atoms with van der Waals surface area (Å²) in [6.07, 6.45) is -5.02. The molecule has 0 saturated carbocycles. The first-order valence-electron chi connectivity index (χ1n) is 7.84. The van der Waals surface area contributed by atoms with Gasteiger partial charge in [-0.1, -0.05) is 0 Å². The second-order valence-electron chi connectivity index (χ2n) is 5.51. The van der Waals surface area contributed by atoms with E-state index in [1.807, 2.05) is 29.2 Å². The molecule has 1 saturated heterocycles. The zero-order chi connectivity index (χ0) is 17.6. The van der Waals surface area contributed by atoms with Crippen molar-refractivity contribution in [2.45, 2.75) is 12.6 Å². The van der Waals surface area contributed by atoms with Gasteiger partial charge in [0.1, 0.15) is 5.75 Å². The van der Waals surface area contributed by atoms with Crippen LogP contribution in [0.2, 0.25) is 0 Å². The number of rotatable bonds is 4. The number of alkyl halides is 3. The molecule has 1 aliphatic heterocycles. The van der Waals surface area contributed by atoms with Gasteiger partial charge < -0.3 is 19.9 Å². The van der Waals surface area contributed by atoms with Gasteiger partial charge >= 0.3 is 6.18 Å². The van der Waals surface area contributed by atoms with E-state index < -0.39 is 12.6 Å². The molecule has 2 rings (SSSR count). The third kappa shape index (κ3) is 5.21. The molecule has 1 aromatic rings. The Morgan fingerprint density at radius 1 is 1.17 bits per heavy atom. The van der Waals surface area contributed by atoms with Crippen molar-refractivity contribution in [3.8, 4) is 5.75 Å². The number of hydrogen-bond donors (Lipinski definition) is 1. The first-order chi connectivity index (χ1) is 11.4. The number of ether oxygens (including phenoxy) is 1. The maximum Gasteiger partial charge on any atom is 0.390 e. The average Bonchev–Trinajstić information content (AvgIpc) is 2.58. The van der Waals surface area contributed by atoms with E-state index in [2.05, 4.69) is 15.2 Å². The standard InChI is InChI=1S/C16H23F3N4O/c1-20-15(21-8-7-16(17,18)19)23-11-9-22(10-12-23)13-3-5-14(24-2)6-4-13/h3-6H,7-12H2,1-2H3,(H,20,21). The van der Waals surface area contributed by atoms with Crippen LogP contribution in [0.4, 0.5) is 18.9 Å². The minimum absolute atomic E-state index is 0.158. The molecule has 5 nitrogen and oxygen atoms in total. The summed E-state index contributed by atoms with van der Waals surface area (Å²) in [7, 11) is 3.22. The van der Waals surface area contributed by atoms with Crippen LogP contribution in [0.1, 0.15) is 6.42 Å². The first-order valence-corrected chi connectivity index (χ1v) is 7.84. The van der Waals surface area contributed by atoms with E-state index in [0.29, 0.717) is 19.0 Å². The molecule has 0 radical (unpaired) electrons. The molecule has 1 aromatic carbocycles. The van der Waals surface area contributed by atoms with E-state index in [0.717, 1.165) is 24.5 Å². The molecule has 1 heterocycles. The molecule has 0 spiro atoms. The molecule has 8 heteroatoms. The fraction of sp³-hybridized carbons (Fsp3) is 0.562. The van der Waals surface area contributed by atoms with Crippen LogP contribution in [-0.4, -0.2) is 63.9 Å². The number of guanidine groups is 1. The van der Waals surface area contributed by atoms with Crippen molar-refractivity contribution >= 4 is 11.6 Å². The number of methoxy groups -OCH3 is 1. The smallest absolute Gasteiger partial charge is 0.390 e. The second-order valence-corrected chi connectivity index (χ2v) is 5.51. The number of aliphatic imine (C=N–C) groups is 1. The van der Waals surface area contributed by atoms with Crippen molar-refractivity contribution in [2.75, 3.05) is 51.8 Å². The van der Waals surface area contributed by atoms with Crippen LogP contribution in [0.3, 0.4) is 0 Å². The van der Waals surface area contributed by atoms with E-state index in [1.54, 1.807) is 14.2 Å². The SMILES string of the molecule is CN=C(NCCC(F)(F)F)N1CCN(c2ccc(OC)cc2)CC1. The van der Waals surface area contributed by atoms with E-state index >= 15 is 0 Å². The fourth-order valence-electron chi connectivity index (χ4n) is 2.62. The quantitative estimate of drug-likeness (QED) is 0.672. The Labute approximate surface area is 140 Å². The number of halogens is 3. The van der Waals surface area contributed by atoms with E-state index in [4.69, 9.17) is 4.74 Å². The molecular formula is C16H23F3N4O. The molecular weight excluding hydrogens is 321 g/mol. The maximum atomic E-state index is 12.2. The molecule has 0 unspecified atom stereocenters. The van der Waals surface area contributed by atoms with Crippen LogP contribution in [0.15, 0.2) is 29.3 Å². The van der Waals surface area contributed by atoms with Gasteiger partial charge in [-0.05, 0) is 24.3 Å². The Hall–Kier alpha value is -2.12. The molecule has 1 aliphatic rings. The Bertz CT molecular complexity index is 537. The number of nitrogens with one attached hydrogen (secondary N) is 1. The predicted molar refractivity (Wildman–Crippen MR) is 88.8 cm³/mol. The summed E-state index contributed by atoms with van der Waals surface area (Å²) in [6.45, 7) is 2.82. The fourth-order valence-corrected chi connectivity index (χ4v) is 2.62. The second kappa shape index (κ2) is 8.12. The van der Waals surface area contributed by atoms with Crippen LogP contribution < -0.4 is 15.0 Å². The molecule has 24 heavy (non-hydrogen) atoms. The van der Waals surface area contributed by atoms with E-state index in [9.17, 15) is 13.2 Å². The lowest BCUT2D eigenvalue weighted by Crippen LogP contribution is -2.52. The molecule has 0 bridgehead atoms. The zero-order valence-corrected chi connectivity index (χ0v) is 13.9. The summed E-state index contributed by atoms with van der Waals surface area (Å²) in [4.78, 5) is 8.30. The lowest BCUT2D eigenvalue weighted by atomic mass is 10.2. The topological polar surface area (TPSA) is 40.1 Å². The molecule has 0 aromatic heterocycles. The third-order valence-electron chi connectivity index (χ3n) is 3.92. The minimum atomic E-state index is -4.15. The number of nitrogens with zero attached hydrogens (tertiary/aromatic N) is 3. The van der Waals surface area contributed by atoms with Crippen LogP contribution in [0.5, 0.6) is 5.75 Å². The van der Waals surface area contributed by atoms with Gasteiger partial charge in [0.25, 0.3) is 0 Å². The van der Waals surface area contributed by atoms with Gasteiger partial charge in [-0.25, -0.2) is 0 Å². The van der Waals surface area contributed by atoms with Gasteiger partial charge in [-0.15, -0.1) is 0 Å². The lowest BCUT2D eigenvalue weighted by Gasteiger charge is -2.37. The Kier molecular flexibility index (Phi) is 6.16. The highest BCUT2D eigenvalue weighted by Crippen LogP contribution is 2.21. The maximum absolute atomic E-state index is 12.2. The Morgan fingerprint density at radius 2 is 1.79 bits per heavy atom. The van der Waals surface area contributed by atoms with Crippen LogP contribution in [-0.2, 0) is 0 Å². The molecule has 1 N–H and O–H groups in total. The third-order valence-corrected chi connectivity index (χ3v) is 3.92. The van der Waals surface area contributed by atoms with Crippen molar-refractivity contribution in [1.29, 1.82) is 0 Å². The summed E-state index contributed by atoms with van der Waals surface area (Å²) < 4.78 is 41.9. The summed E-state index contributed by atoms with van der Waals surface area (Å²) in [6, 6.07) is 7.84. The van der Waals surface area contributed by atoms with Gasteiger partial charge in [0.2, 0.25) is 0 Å². The van der Waals surface area contributed by atoms with Gasteiger partial charge in [-0.3, -0.25) is 4.99 Å². The van der Waals surface area contributed by atoms with Crippen LogP contribution >= 0.6 is 0 Å². The lowest BCUT2D eigenvalue weighted by molar-refractivity contribution is -0.132. The van der Waals surface area contributed by atoms with Crippen molar-refractivity contribution in [2.24, 2.45) is 4.99 Å². The minimum Gasteiger partial charge on any atom is -0.497 e. The van der Waals surface area contributed by atoms with Crippen LogP contribution in [0, 0.1) is 0 Å². The number of piperazine rings is 1. The molecule has 0 atom stereocenters. The summed E-state index contributed by atoms with van der Waals surface area (Å²) in [5.41, 5.74) is 1.11. The normalized spacial score (nSPS) is 16.3. The van der Waals surface area contributed by atoms with Gasteiger partial charge in [-0.2, -0.15) is 13.2 Å². The highest BCUT2D eigenvalue weighted by Gasteiger charge is 2.27. The predicted octanol–water partition coefficient (Wildman–Crippen LogP) is 2.34. The van der Waals surface area contributed by atoms with Crippen molar-refractivity contribution in [1.82, 2.24) is 10.2 Å². The number of benzene rings is 1. The van der Waals surface area contributed by atoms with Crippen molar-refractivity contribution in [3.63, 3.8) is 0 Å². The van der Waals surface area contributed by atoms with E-state index in [1.165, 1.54) is 0 Å².